The second kappa shape index (κ2) is 8.67. The van der Waals surface area contributed by atoms with E-state index in [9.17, 15) is 5.11 Å². The van der Waals surface area contributed by atoms with Crippen molar-refractivity contribution in [2.75, 3.05) is 20.1 Å². The molecule has 118 valence electrons. The molecule has 0 bridgehead atoms. The number of guanidine groups is 1. The van der Waals surface area contributed by atoms with E-state index in [-0.39, 0.29) is 0 Å². The summed E-state index contributed by atoms with van der Waals surface area (Å²) in [6, 6.07) is 10.3. The van der Waals surface area contributed by atoms with Gasteiger partial charge in [-0.2, -0.15) is 0 Å². The zero-order chi connectivity index (χ0) is 15.7. The molecule has 0 atom stereocenters. The van der Waals surface area contributed by atoms with Crippen molar-refractivity contribution >= 4 is 5.96 Å². The molecule has 1 aromatic carbocycles. The molecule has 0 radical (unpaired) electrons. The van der Waals surface area contributed by atoms with Crippen molar-refractivity contribution in [2.45, 2.75) is 45.8 Å². The molecule has 0 aliphatic carbocycles. The maximum atomic E-state index is 10.4. The second-order valence-electron chi connectivity index (χ2n) is 5.44. The molecule has 0 saturated carbocycles. The molecule has 4 heteroatoms. The second-order valence-corrected chi connectivity index (χ2v) is 5.44. The van der Waals surface area contributed by atoms with Crippen LogP contribution in [0.5, 0.6) is 0 Å². The third-order valence-corrected chi connectivity index (χ3v) is 3.80. The lowest BCUT2D eigenvalue weighted by atomic mass is 9.98. The molecule has 0 aromatic heterocycles. The van der Waals surface area contributed by atoms with Gasteiger partial charge >= 0.3 is 0 Å². The number of aliphatic hydroxyl groups is 1. The van der Waals surface area contributed by atoms with E-state index in [1.807, 2.05) is 39.1 Å². The fraction of sp³-hybridized carbons (Fsp3) is 0.588. The first-order valence-corrected chi connectivity index (χ1v) is 7.80. The molecule has 0 heterocycles. The summed E-state index contributed by atoms with van der Waals surface area (Å²) in [7, 11) is 2.02. The Bertz CT molecular complexity index is 427. The van der Waals surface area contributed by atoms with E-state index in [4.69, 9.17) is 0 Å². The number of hydrogen-bond acceptors (Lipinski definition) is 2. The lowest BCUT2D eigenvalue weighted by Gasteiger charge is -2.26. The SMILES string of the molecule is CCNC(=NCC(O)(CC)CC)N(C)Cc1ccccc1. The molecular weight excluding hydrogens is 262 g/mol. The van der Waals surface area contributed by atoms with Gasteiger partial charge in [0.25, 0.3) is 0 Å². The Morgan fingerprint density at radius 2 is 1.81 bits per heavy atom. The van der Waals surface area contributed by atoms with Crippen LogP contribution < -0.4 is 5.32 Å². The van der Waals surface area contributed by atoms with E-state index in [0.29, 0.717) is 6.54 Å². The quantitative estimate of drug-likeness (QED) is 0.600. The minimum absolute atomic E-state index is 0.432. The molecule has 0 saturated heterocycles. The van der Waals surface area contributed by atoms with Crippen molar-refractivity contribution < 1.29 is 5.11 Å². The van der Waals surface area contributed by atoms with Crippen molar-refractivity contribution in [3.8, 4) is 0 Å². The van der Waals surface area contributed by atoms with Gasteiger partial charge in [-0.15, -0.1) is 0 Å². The molecule has 4 nitrogen and oxygen atoms in total. The molecule has 2 N–H and O–H groups in total. The van der Waals surface area contributed by atoms with Crippen molar-refractivity contribution in [3.63, 3.8) is 0 Å². The van der Waals surface area contributed by atoms with Gasteiger partial charge in [0.1, 0.15) is 0 Å². The average molecular weight is 291 g/mol. The topological polar surface area (TPSA) is 47.9 Å². The van der Waals surface area contributed by atoms with Crippen LogP contribution in [-0.4, -0.2) is 41.7 Å². The Morgan fingerprint density at radius 1 is 1.19 bits per heavy atom. The fourth-order valence-corrected chi connectivity index (χ4v) is 2.10. The summed E-state index contributed by atoms with van der Waals surface area (Å²) in [5.74, 6) is 0.835. The van der Waals surface area contributed by atoms with Crippen LogP contribution in [0.25, 0.3) is 0 Å². The first kappa shape index (κ1) is 17.5. The maximum absolute atomic E-state index is 10.4. The minimum atomic E-state index is -0.700. The van der Waals surface area contributed by atoms with Gasteiger partial charge in [0, 0.05) is 20.1 Å². The largest absolute Gasteiger partial charge is 0.388 e. The van der Waals surface area contributed by atoms with Gasteiger partial charge in [-0.05, 0) is 25.3 Å². The molecule has 1 aromatic rings. The highest BCUT2D eigenvalue weighted by molar-refractivity contribution is 5.79. The fourth-order valence-electron chi connectivity index (χ4n) is 2.10. The molecule has 0 amide bonds. The number of nitrogens with one attached hydrogen (secondary N) is 1. The lowest BCUT2D eigenvalue weighted by Crippen LogP contribution is -2.40. The van der Waals surface area contributed by atoms with Crippen LogP contribution in [0.3, 0.4) is 0 Å². The molecule has 0 aliphatic heterocycles. The van der Waals surface area contributed by atoms with Gasteiger partial charge in [-0.3, -0.25) is 4.99 Å². The molecule has 1 rings (SSSR count). The van der Waals surface area contributed by atoms with E-state index in [2.05, 4.69) is 34.3 Å². The minimum Gasteiger partial charge on any atom is -0.388 e. The van der Waals surface area contributed by atoms with Crippen molar-refractivity contribution in [2.24, 2.45) is 4.99 Å². The van der Waals surface area contributed by atoms with Crippen LogP contribution in [0.4, 0.5) is 0 Å². The third kappa shape index (κ3) is 5.76. The summed E-state index contributed by atoms with van der Waals surface area (Å²) in [5, 5.41) is 13.7. The van der Waals surface area contributed by atoms with Crippen LogP contribution in [0.2, 0.25) is 0 Å². The van der Waals surface area contributed by atoms with Crippen LogP contribution in [0.1, 0.15) is 39.2 Å². The smallest absolute Gasteiger partial charge is 0.194 e. The Labute approximate surface area is 128 Å². The normalized spacial score (nSPS) is 12.3. The van der Waals surface area contributed by atoms with E-state index in [0.717, 1.165) is 31.9 Å². The molecule has 0 aliphatic rings. The van der Waals surface area contributed by atoms with E-state index < -0.39 is 5.60 Å². The molecule has 0 fully saturated rings. The van der Waals surface area contributed by atoms with Crippen molar-refractivity contribution in [1.82, 2.24) is 10.2 Å². The molecule has 0 spiro atoms. The Balaban J connectivity index is 2.75. The highest BCUT2D eigenvalue weighted by Crippen LogP contribution is 2.15. The van der Waals surface area contributed by atoms with E-state index >= 15 is 0 Å². The lowest BCUT2D eigenvalue weighted by molar-refractivity contribution is 0.0416. The Kier molecular flexibility index (Phi) is 7.23. The number of rotatable bonds is 7. The van der Waals surface area contributed by atoms with Gasteiger partial charge in [0.2, 0.25) is 0 Å². The molecule has 0 unspecified atom stereocenters. The van der Waals surface area contributed by atoms with Gasteiger partial charge in [-0.1, -0.05) is 44.2 Å². The standard InChI is InChI=1S/C17H29N3O/c1-5-17(21,6-2)14-19-16(18-7-3)20(4)13-15-11-9-8-10-12-15/h8-12,21H,5-7,13-14H2,1-4H3,(H,18,19). The highest BCUT2D eigenvalue weighted by atomic mass is 16.3. The summed E-state index contributed by atoms with van der Waals surface area (Å²) in [4.78, 5) is 6.69. The van der Waals surface area contributed by atoms with Crippen molar-refractivity contribution in [1.29, 1.82) is 0 Å². The van der Waals surface area contributed by atoms with Gasteiger partial charge in [0.15, 0.2) is 5.96 Å². The van der Waals surface area contributed by atoms with Crippen LogP contribution >= 0.6 is 0 Å². The number of nitrogens with zero attached hydrogens (tertiary/aromatic N) is 2. The number of aliphatic imine (C=N–C) groups is 1. The van der Waals surface area contributed by atoms with E-state index in [1.54, 1.807) is 0 Å². The van der Waals surface area contributed by atoms with Gasteiger partial charge in [0.05, 0.1) is 12.1 Å². The maximum Gasteiger partial charge on any atom is 0.194 e. The van der Waals surface area contributed by atoms with Crippen molar-refractivity contribution in [3.05, 3.63) is 35.9 Å². The van der Waals surface area contributed by atoms with Gasteiger partial charge in [-0.25, -0.2) is 0 Å². The number of benzene rings is 1. The third-order valence-electron chi connectivity index (χ3n) is 3.80. The Hall–Kier alpha value is -1.55. The monoisotopic (exact) mass is 291 g/mol. The highest BCUT2D eigenvalue weighted by Gasteiger charge is 2.22. The van der Waals surface area contributed by atoms with Crippen LogP contribution in [0, 0.1) is 0 Å². The predicted octanol–water partition coefficient (Wildman–Crippen LogP) is 2.64. The zero-order valence-electron chi connectivity index (χ0n) is 13.8. The Morgan fingerprint density at radius 3 is 2.33 bits per heavy atom. The van der Waals surface area contributed by atoms with Crippen LogP contribution in [-0.2, 0) is 6.54 Å². The summed E-state index contributed by atoms with van der Waals surface area (Å²) >= 11 is 0. The zero-order valence-corrected chi connectivity index (χ0v) is 13.8. The molecular formula is C17H29N3O. The summed E-state index contributed by atoms with van der Waals surface area (Å²) in [6.07, 6.45) is 1.43. The first-order valence-electron chi connectivity index (χ1n) is 7.80. The first-order chi connectivity index (χ1) is 10.0. The predicted molar refractivity (Wildman–Crippen MR) is 89.4 cm³/mol. The molecule has 21 heavy (non-hydrogen) atoms. The average Bonchev–Trinajstić information content (AvgIpc) is 2.52. The van der Waals surface area contributed by atoms with Crippen LogP contribution in [0.15, 0.2) is 35.3 Å². The summed E-state index contributed by atoms with van der Waals surface area (Å²) in [5.41, 5.74) is 0.542. The van der Waals surface area contributed by atoms with Gasteiger partial charge < -0.3 is 15.3 Å². The number of hydrogen-bond donors (Lipinski definition) is 2. The summed E-state index contributed by atoms with van der Waals surface area (Å²) in [6.45, 7) is 8.09. The van der Waals surface area contributed by atoms with E-state index in [1.165, 1.54) is 5.56 Å². The summed E-state index contributed by atoms with van der Waals surface area (Å²) < 4.78 is 0.